The Hall–Kier alpha value is -1.39. The number of rotatable bonds is 8. The van der Waals surface area contributed by atoms with E-state index in [0.29, 0.717) is 11.5 Å². The monoisotopic (exact) mass is 359 g/mol. The largest absolute Gasteiger partial charge is 0.373 e. The first kappa shape index (κ1) is 19.9. The average Bonchev–Trinajstić information content (AvgIpc) is 2.68. The summed E-state index contributed by atoms with van der Waals surface area (Å²) in [4.78, 5) is 22.8. The Bertz CT molecular complexity index is 563. The molecule has 0 heterocycles. The predicted octanol–water partition coefficient (Wildman–Crippen LogP) is 5.33. The Morgan fingerprint density at radius 1 is 1.20 bits per heavy atom. The topological polar surface area (TPSA) is 35.5 Å². The Morgan fingerprint density at radius 3 is 2.44 bits per heavy atom. The van der Waals surface area contributed by atoms with E-state index in [2.05, 4.69) is 45.2 Å². The molecule has 0 spiro atoms. The van der Waals surface area contributed by atoms with Gasteiger partial charge in [0.05, 0.1) is 5.56 Å². The van der Waals surface area contributed by atoms with Crippen molar-refractivity contribution in [2.75, 3.05) is 0 Å². The molecule has 1 aromatic rings. The van der Waals surface area contributed by atoms with Crippen molar-refractivity contribution in [1.82, 2.24) is 0 Å². The molecule has 25 heavy (non-hydrogen) atoms. The molecule has 1 atom stereocenters. The van der Waals surface area contributed by atoms with E-state index in [1.54, 1.807) is 0 Å². The summed E-state index contributed by atoms with van der Waals surface area (Å²) in [6.45, 7) is 10.6. The molecule has 0 bridgehead atoms. The van der Waals surface area contributed by atoms with Crippen LogP contribution in [0.1, 0.15) is 63.2 Å². The third-order valence-corrected chi connectivity index (χ3v) is 10.5. The first-order valence-electron chi connectivity index (χ1n) is 9.58. The highest BCUT2D eigenvalue weighted by Gasteiger charge is 2.29. The lowest BCUT2D eigenvalue weighted by molar-refractivity contribution is -0.247. The summed E-state index contributed by atoms with van der Waals surface area (Å²) in [5.74, 6) is -0.00409. The van der Waals surface area contributed by atoms with Crippen molar-refractivity contribution in [3.8, 4) is 0 Å². The van der Waals surface area contributed by atoms with Crippen molar-refractivity contribution in [3.05, 3.63) is 48.2 Å². The van der Waals surface area contributed by atoms with Crippen molar-refractivity contribution in [2.45, 2.75) is 65.0 Å². The summed E-state index contributed by atoms with van der Waals surface area (Å²) in [5, 5.41) is 1.32. The fourth-order valence-electron chi connectivity index (χ4n) is 3.74. The maximum atomic E-state index is 12.3. The second-order valence-electron chi connectivity index (χ2n) is 6.92. The second-order valence-corrected chi connectivity index (χ2v) is 11.6. The zero-order valence-electron chi connectivity index (χ0n) is 15.8. The molecule has 137 valence electrons. The first-order chi connectivity index (χ1) is 12.1. The zero-order valence-corrected chi connectivity index (χ0v) is 16.8. The summed E-state index contributed by atoms with van der Waals surface area (Å²) in [5.41, 5.74) is 2.68. The third-order valence-electron chi connectivity index (χ3n) is 5.75. The molecule has 3 nitrogen and oxygen atoms in total. The fourth-order valence-corrected chi connectivity index (χ4v) is 6.70. The Labute approximate surface area is 153 Å². The minimum atomic E-state index is -1.63. The van der Waals surface area contributed by atoms with Crippen LogP contribution >= 0.6 is 0 Å². The standard InChI is InChI=1S/C21H31O3Si/c1-5-17-11-9-10-12-20(17)23-24-21(22)18-13-15-19(16-14-18)25(6-2,7-3)8-4/h6,13-17H,2,5,7-12H2,1,3-4H3. The van der Waals surface area contributed by atoms with Gasteiger partial charge in [0.25, 0.3) is 0 Å². The van der Waals surface area contributed by atoms with Crippen molar-refractivity contribution in [2.24, 2.45) is 5.92 Å². The van der Waals surface area contributed by atoms with Gasteiger partial charge in [-0.2, -0.15) is 4.89 Å². The van der Waals surface area contributed by atoms with Crippen LogP contribution in [0.3, 0.4) is 0 Å². The lowest BCUT2D eigenvalue weighted by atomic mass is 9.85. The number of carbonyl (C=O) groups is 1. The smallest absolute Gasteiger partial charge is 0.292 e. The van der Waals surface area contributed by atoms with Gasteiger partial charge in [0.1, 0.15) is 8.07 Å². The SMILES string of the molecule is C=C[Si](CC)(CC)c1ccc(C(=O)OO[C]2CCCCC2CC)cc1. The lowest BCUT2D eigenvalue weighted by Crippen LogP contribution is -2.44. The average molecular weight is 360 g/mol. The van der Waals surface area contributed by atoms with Crippen LogP contribution in [-0.4, -0.2) is 14.0 Å². The van der Waals surface area contributed by atoms with Crippen LogP contribution in [-0.2, 0) is 9.78 Å². The molecule has 1 saturated carbocycles. The quantitative estimate of drug-likeness (QED) is 0.357. The van der Waals surface area contributed by atoms with Crippen molar-refractivity contribution >= 4 is 19.2 Å². The van der Waals surface area contributed by atoms with Crippen LogP contribution in [0, 0.1) is 12.0 Å². The molecule has 0 aromatic heterocycles. The van der Waals surface area contributed by atoms with E-state index in [-0.39, 0.29) is 0 Å². The molecule has 1 aliphatic rings. The summed E-state index contributed by atoms with van der Waals surface area (Å²) in [6, 6.07) is 10.0. The molecule has 1 aliphatic carbocycles. The fraction of sp³-hybridized carbons (Fsp3) is 0.524. The van der Waals surface area contributed by atoms with Crippen LogP contribution in [0.25, 0.3) is 0 Å². The van der Waals surface area contributed by atoms with Gasteiger partial charge in [-0.1, -0.05) is 75.1 Å². The van der Waals surface area contributed by atoms with Crippen molar-refractivity contribution in [1.29, 1.82) is 0 Å². The first-order valence-corrected chi connectivity index (χ1v) is 12.1. The van der Waals surface area contributed by atoms with E-state index in [1.807, 2.05) is 12.1 Å². The van der Waals surface area contributed by atoms with Gasteiger partial charge in [0.2, 0.25) is 0 Å². The van der Waals surface area contributed by atoms with Crippen molar-refractivity contribution in [3.63, 3.8) is 0 Å². The Kier molecular flexibility index (Phi) is 7.45. The summed E-state index contributed by atoms with van der Waals surface area (Å²) in [7, 11) is -1.63. The molecule has 4 heteroatoms. The minimum Gasteiger partial charge on any atom is -0.292 e. The molecule has 0 N–H and O–H groups in total. The van der Waals surface area contributed by atoms with Gasteiger partial charge >= 0.3 is 5.97 Å². The predicted molar refractivity (Wildman–Crippen MR) is 105 cm³/mol. The molecule has 1 aromatic carbocycles. The van der Waals surface area contributed by atoms with E-state index in [9.17, 15) is 4.79 Å². The maximum absolute atomic E-state index is 12.3. The molecular weight excluding hydrogens is 328 g/mol. The molecule has 1 fully saturated rings. The van der Waals surface area contributed by atoms with Crippen LogP contribution in [0.4, 0.5) is 0 Å². The number of carbonyl (C=O) groups excluding carboxylic acids is 1. The summed E-state index contributed by atoms with van der Waals surface area (Å²) < 4.78 is 0. The second kappa shape index (κ2) is 9.34. The molecule has 1 radical (unpaired) electrons. The highest BCUT2D eigenvalue weighted by molar-refractivity contribution is 6.95. The summed E-state index contributed by atoms with van der Waals surface area (Å²) >= 11 is 0. The molecule has 0 amide bonds. The van der Waals surface area contributed by atoms with E-state index in [0.717, 1.165) is 43.9 Å². The maximum Gasteiger partial charge on any atom is 0.373 e. The number of benzene rings is 1. The normalized spacial score (nSPS) is 18.8. The van der Waals surface area contributed by atoms with E-state index >= 15 is 0 Å². The molecule has 0 saturated heterocycles. The van der Waals surface area contributed by atoms with Crippen LogP contribution in [0.5, 0.6) is 0 Å². The Balaban J connectivity index is 1.99. The van der Waals surface area contributed by atoms with Gasteiger partial charge in [-0.15, -0.1) is 6.58 Å². The lowest BCUT2D eigenvalue weighted by Gasteiger charge is -2.27. The van der Waals surface area contributed by atoms with Crippen molar-refractivity contribution < 1.29 is 14.6 Å². The van der Waals surface area contributed by atoms with Gasteiger partial charge in [0.15, 0.2) is 6.10 Å². The van der Waals surface area contributed by atoms with Crippen LogP contribution < -0.4 is 5.19 Å². The van der Waals surface area contributed by atoms with Crippen LogP contribution in [0.15, 0.2) is 36.5 Å². The number of hydrogen-bond donors (Lipinski definition) is 0. The highest BCUT2D eigenvalue weighted by Crippen LogP contribution is 2.34. The van der Waals surface area contributed by atoms with Gasteiger partial charge in [-0.25, -0.2) is 4.79 Å². The van der Waals surface area contributed by atoms with E-state index in [4.69, 9.17) is 9.78 Å². The van der Waals surface area contributed by atoms with E-state index in [1.165, 1.54) is 11.6 Å². The van der Waals surface area contributed by atoms with E-state index < -0.39 is 14.0 Å². The molecule has 2 rings (SSSR count). The van der Waals surface area contributed by atoms with Gasteiger partial charge in [0, 0.05) is 0 Å². The molecule has 0 aliphatic heterocycles. The summed E-state index contributed by atoms with van der Waals surface area (Å²) in [6.07, 6.45) is 6.31. The molecule has 1 unspecified atom stereocenters. The zero-order chi connectivity index (χ0) is 18.3. The number of hydrogen-bond acceptors (Lipinski definition) is 3. The highest BCUT2D eigenvalue weighted by atomic mass is 28.3. The van der Waals surface area contributed by atoms with Crippen LogP contribution in [0.2, 0.25) is 12.1 Å². The van der Waals surface area contributed by atoms with Gasteiger partial charge in [-0.05, 0) is 30.9 Å². The third kappa shape index (κ3) is 4.62. The Morgan fingerprint density at radius 2 is 1.88 bits per heavy atom. The van der Waals surface area contributed by atoms with Gasteiger partial charge in [-0.3, -0.25) is 4.89 Å². The minimum absolute atomic E-state index is 0.414. The molecular formula is C21H31O3Si. The van der Waals surface area contributed by atoms with Gasteiger partial charge < -0.3 is 0 Å².